The van der Waals surface area contributed by atoms with Gasteiger partial charge in [0, 0.05) is 0 Å². The van der Waals surface area contributed by atoms with Crippen molar-refractivity contribution in [2.45, 2.75) is 32.9 Å². The van der Waals surface area contributed by atoms with Crippen LogP contribution in [0, 0.1) is 0 Å². The van der Waals surface area contributed by atoms with Gasteiger partial charge in [-0.25, -0.2) is 0 Å². The van der Waals surface area contributed by atoms with Crippen LogP contribution in [-0.2, 0) is 9.53 Å². The van der Waals surface area contributed by atoms with E-state index in [1.807, 2.05) is 20.8 Å². The minimum absolute atomic E-state index is 0.0745. The van der Waals surface area contributed by atoms with E-state index in [1.165, 1.54) is 0 Å². The highest BCUT2D eigenvalue weighted by Crippen LogP contribution is 1.92. The van der Waals surface area contributed by atoms with E-state index in [1.54, 1.807) is 0 Å². The lowest BCUT2D eigenvalue weighted by molar-refractivity contribution is -0.141. The number of carbonyl (C=O) groups is 1. The predicted molar refractivity (Wildman–Crippen MR) is 46.2 cm³/mol. The van der Waals surface area contributed by atoms with Crippen molar-refractivity contribution in [3.63, 3.8) is 0 Å². The van der Waals surface area contributed by atoms with Crippen LogP contribution in [0.3, 0.4) is 0 Å². The Balaban J connectivity index is 3.71. The molecule has 0 aliphatic rings. The number of ether oxygens (including phenoxy) is 1. The molecular formula is C8H17NO3. The Bertz CT molecular complexity index is 136. The Morgan fingerprint density at radius 1 is 1.58 bits per heavy atom. The molecule has 0 aromatic rings. The minimum atomic E-state index is -0.863. The zero-order chi connectivity index (χ0) is 9.56. The van der Waals surface area contributed by atoms with Gasteiger partial charge in [-0.3, -0.25) is 4.79 Å². The van der Waals surface area contributed by atoms with Crippen LogP contribution in [0.4, 0.5) is 0 Å². The molecule has 0 spiro atoms. The van der Waals surface area contributed by atoms with Crippen molar-refractivity contribution < 1.29 is 14.6 Å². The molecule has 0 aliphatic carbocycles. The summed E-state index contributed by atoms with van der Waals surface area (Å²) in [5, 5.41) is 11.5. The van der Waals surface area contributed by atoms with Crippen LogP contribution in [0.2, 0.25) is 0 Å². The standard InChI is InChI=1S/C8H17NO3/c1-4-9-7(8(10)11)5-12-6(2)3/h6-7,9H,4-5H2,1-3H3,(H,10,11). The number of aliphatic carboxylic acids is 1. The number of hydrogen-bond acceptors (Lipinski definition) is 3. The van der Waals surface area contributed by atoms with Gasteiger partial charge in [0.25, 0.3) is 0 Å². The Hall–Kier alpha value is -0.610. The van der Waals surface area contributed by atoms with Gasteiger partial charge in [0.2, 0.25) is 0 Å². The van der Waals surface area contributed by atoms with Gasteiger partial charge in [0.05, 0.1) is 12.7 Å². The van der Waals surface area contributed by atoms with Crippen LogP contribution >= 0.6 is 0 Å². The van der Waals surface area contributed by atoms with E-state index in [4.69, 9.17) is 9.84 Å². The summed E-state index contributed by atoms with van der Waals surface area (Å²) in [6.07, 6.45) is 0.0745. The smallest absolute Gasteiger partial charge is 0.323 e. The van der Waals surface area contributed by atoms with E-state index >= 15 is 0 Å². The first kappa shape index (κ1) is 11.4. The minimum Gasteiger partial charge on any atom is -0.480 e. The van der Waals surface area contributed by atoms with Crippen molar-refractivity contribution in [2.75, 3.05) is 13.2 Å². The molecule has 0 heterocycles. The number of likely N-dealkylation sites (N-methyl/N-ethyl adjacent to an activating group) is 1. The van der Waals surface area contributed by atoms with Gasteiger partial charge in [0.15, 0.2) is 0 Å². The van der Waals surface area contributed by atoms with Gasteiger partial charge in [-0.15, -0.1) is 0 Å². The van der Waals surface area contributed by atoms with Gasteiger partial charge in [0.1, 0.15) is 6.04 Å². The first-order valence-electron chi connectivity index (χ1n) is 4.15. The molecule has 0 rings (SSSR count). The maximum absolute atomic E-state index is 10.6. The van der Waals surface area contributed by atoms with Crippen molar-refractivity contribution in [1.29, 1.82) is 0 Å². The highest BCUT2D eigenvalue weighted by Gasteiger charge is 2.15. The monoisotopic (exact) mass is 175 g/mol. The second-order valence-corrected chi connectivity index (χ2v) is 2.83. The molecule has 12 heavy (non-hydrogen) atoms. The van der Waals surface area contributed by atoms with E-state index in [-0.39, 0.29) is 12.7 Å². The largest absolute Gasteiger partial charge is 0.480 e. The van der Waals surface area contributed by atoms with Crippen LogP contribution in [0.25, 0.3) is 0 Å². The number of hydrogen-bond donors (Lipinski definition) is 2. The first-order chi connectivity index (χ1) is 5.57. The quantitative estimate of drug-likeness (QED) is 0.616. The summed E-state index contributed by atoms with van der Waals surface area (Å²) < 4.78 is 5.17. The van der Waals surface area contributed by atoms with Crippen LogP contribution < -0.4 is 5.32 Å². The van der Waals surface area contributed by atoms with Gasteiger partial charge >= 0.3 is 5.97 Å². The Morgan fingerprint density at radius 3 is 2.50 bits per heavy atom. The summed E-state index contributed by atoms with van der Waals surface area (Å²) in [4.78, 5) is 10.6. The van der Waals surface area contributed by atoms with Crippen molar-refractivity contribution in [1.82, 2.24) is 5.32 Å². The average molecular weight is 175 g/mol. The molecule has 1 unspecified atom stereocenters. The number of nitrogens with one attached hydrogen (secondary N) is 1. The summed E-state index contributed by atoms with van der Waals surface area (Å²) in [7, 11) is 0. The molecule has 0 amide bonds. The SMILES string of the molecule is CCNC(COC(C)C)C(=O)O. The molecule has 1 atom stereocenters. The van der Waals surface area contributed by atoms with Crippen LogP contribution in [0.5, 0.6) is 0 Å². The maximum atomic E-state index is 10.6. The van der Waals surface area contributed by atoms with Gasteiger partial charge < -0.3 is 15.2 Å². The van der Waals surface area contributed by atoms with Gasteiger partial charge in [-0.2, -0.15) is 0 Å². The van der Waals surface area contributed by atoms with Gasteiger partial charge in [-0.1, -0.05) is 6.92 Å². The molecule has 4 heteroatoms. The summed E-state index contributed by atoms with van der Waals surface area (Å²) in [5.74, 6) is -0.863. The molecule has 0 bridgehead atoms. The second-order valence-electron chi connectivity index (χ2n) is 2.83. The Morgan fingerprint density at radius 2 is 2.17 bits per heavy atom. The molecule has 72 valence electrons. The number of carboxylic acids is 1. The van der Waals surface area contributed by atoms with E-state index < -0.39 is 12.0 Å². The molecule has 0 aromatic heterocycles. The van der Waals surface area contributed by atoms with E-state index in [9.17, 15) is 4.79 Å². The average Bonchev–Trinajstić information content (AvgIpc) is 1.96. The lowest BCUT2D eigenvalue weighted by atomic mass is 10.3. The topological polar surface area (TPSA) is 58.6 Å². The number of rotatable bonds is 6. The fraction of sp³-hybridized carbons (Fsp3) is 0.875. The molecular weight excluding hydrogens is 158 g/mol. The third-order valence-corrected chi connectivity index (χ3v) is 1.34. The maximum Gasteiger partial charge on any atom is 0.323 e. The third-order valence-electron chi connectivity index (χ3n) is 1.34. The molecule has 0 saturated heterocycles. The lowest BCUT2D eigenvalue weighted by Gasteiger charge is -2.14. The first-order valence-corrected chi connectivity index (χ1v) is 4.15. The normalized spacial score (nSPS) is 13.3. The Kier molecular flexibility index (Phi) is 5.66. The molecule has 4 nitrogen and oxygen atoms in total. The van der Waals surface area contributed by atoms with Crippen molar-refractivity contribution in [3.8, 4) is 0 Å². The Labute approximate surface area is 72.9 Å². The summed E-state index contributed by atoms with van der Waals surface area (Å²) in [6, 6.07) is -0.586. The van der Waals surface area contributed by atoms with Crippen molar-refractivity contribution in [2.24, 2.45) is 0 Å². The van der Waals surface area contributed by atoms with E-state index in [0.717, 1.165) is 0 Å². The van der Waals surface area contributed by atoms with Crippen LogP contribution in [0.1, 0.15) is 20.8 Å². The third kappa shape index (κ3) is 5.09. The van der Waals surface area contributed by atoms with E-state index in [2.05, 4.69) is 5.32 Å². The number of carboxylic acid groups (broad SMARTS) is 1. The summed E-state index contributed by atoms with van der Waals surface area (Å²) in [6.45, 7) is 6.49. The van der Waals surface area contributed by atoms with Crippen molar-refractivity contribution >= 4 is 5.97 Å². The van der Waals surface area contributed by atoms with Crippen LogP contribution in [-0.4, -0.2) is 36.4 Å². The zero-order valence-corrected chi connectivity index (χ0v) is 7.83. The highest BCUT2D eigenvalue weighted by molar-refractivity contribution is 5.73. The predicted octanol–water partition coefficient (Wildman–Crippen LogP) is 0.474. The van der Waals surface area contributed by atoms with E-state index in [0.29, 0.717) is 6.54 Å². The fourth-order valence-electron chi connectivity index (χ4n) is 0.753. The fourth-order valence-corrected chi connectivity index (χ4v) is 0.753. The molecule has 0 fully saturated rings. The lowest BCUT2D eigenvalue weighted by Crippen LogP contribution is -2.40. The molecule has 0 aromatic carbocycles. The van der Waals surface area contributed by atoms with Gasteiger partial charge in [-0.05, 0) is 20.4 Å². The zero-order valence-electron chi connectivity index (χ0n) is 7.83. The summed E-state index contributed by atoms with van der Waals surface area (Å²) >= 11 is 0. The highest BCUT2D eigenvalue weighted by atomic mass is 16.5. The second kappa shape index (κ2) is 5.97. The molecule has 0 saturated carbocycles. The van der Waals surface area contributed by atoms with Crippen molar-refractivity contribution in [3.05, 3.63) is 0 Å². The molecule has 0 aliphatic heterocycles. The molecule has 0 radical (unpaired) electrons. The summed E-state index contributed by atoms with van der Waals surface area (Å²) in [5.41, 5.74) is 0. The molecule has 2 N–H and O–H groups in total. The van der Waals surface area contributed by atoms with Crippen LogP contribution in [0.15, 0.2) is 0 Å².